The van der Waals surface area contributed by atoms with Crippen LogP contribution in [0.25, 0.3) is 0 Å². The summed E-state index contributed by atoms with van der Waals surface area (Å²) in [6.45, 7) is 8.53. The topological polar surface area (TPSA) is 255 Å². The molecule has 1 fully saturated rings. The largest absolute Gasteiger partial charge is 0.480 e. The van der Waals surface area contributed by atoms with Gasteiger partial charge in [-0.25, -0.2) is 0 Å². The molecule has 284 valence electrons. The molecule has 0 saturated carbocycles. The van der Waals surface area contributed by atoms with E-state index in [1.165, 1.54) is 4.90 Å². The number of carboxylic acids is 1. The molecular weight excluding hydrogens is 660 g/mol. The lowest BCUT2D eigenvalue weighted by molar-refractivity contribution is -0.140. The number of nitrogens with two attached hydrogens (primary N) is 2. The molecular formula is C35H56N8O8. The third-order valence-corrected chi connectivity index (χ3v) is 8.63. The van der Waals surface area contributed by atoms with Gasteiger partial charge < -0.3 is 48.1 Å². The van der Waals surface area contributed by atoms with Crippen LogP contribution >= 0.6 is 0 Å². The van der Waals surface area contributed by atoms with Crippen LogP contribution in [0.15, 0.2) is 30.3 Å². The van der Waals surface area contributed by atoms with E-state index in [0.717, 1.165) is 0 Å². The second kappa shape index (κ2) is 20.9. The van der Waals surface area contributed by atoms with Gasteiger partial charge in [0, 0.05) is 13.0 Å². The number of nitrogens with zero attached hydrogens (tertiary/aromatic N) is 1. The normalized spacial score (nSPS) is 17.1. The van der Waals surface area contributed by atoms with Gasteiger partial charge in [0.2, 0.25) is 35.4 Å². The van der Waals surface area contributed by atoms with Crippen LogP contribution in [-0.4, -0.2) is 107 Å². The second-order valence-electron chi connectivity index (χ2n) is 13.6. The Balaban J connectivity index is 2.24. The van der Waals surface area contributed by atoms with Crippen molar-refractivity contribution in [3.63, 3.8) is 0 Å². The lowest BCUT2D eigenvalue weighted by Crippen LogP contribution is -2.61. The Labute approximate surface area is 299 Å². The number of nitrogens with one attached hydrogen (secondary N) is 5. The smallest absolute Gasteiger partial charge is 0.322 e. The van der Waals surface area contributed by atoms with Gasteiger partial charge in [0.1, 0.15) is 36.8 Å². The fourth-order valence-electron chi connectivity index (χ4n) is 5.77. The van der Waals surface area contributed by atoms with E-state index in [2.05, 4.69) is 26.6 Å². The van der Waals surface area contributed by atoms with Crippen molar-refractivity contribution in [1.82, 2.24) is 31.5 Å². The fourth-order valence-corrected chi connectivity index (χ4v) is 5.77. The van der Waals surface area contributed by atoms with Gasteiger partial charge in [0.15, 0.2) is 0 Å². The van der Waals surface area contributed by atoms with Gasteiger partial charge in [-0.15, -0.1) is 0 Å². The number of unbranched alkanes of at least 4 members (excludes halogenated alkanes) is 1. The van der Waals surface area contributed by atoms with Gasteiger partial charge in [-0.1, -0.05) is 58.0 Å². The summed E-state index contributed by atoms with van der Waals surface area (Å²) in [4.78, 5) is 92.4. The zero-order valence-electron chi connectivity index (χ0n) is 30.3. The number of hydrogen-bond acceptors (Lipinski definition) is 9. The minimum absolute atomic E-state index is 0.0644. The van der Waals surface area contributed by atoms with Gasteiger partial charge in [-0.3, -0.25) is 33.6 Å². The highest BCUT2D eigenvalue weighted by Gasteiger charge is 2.38. The number of amides is 6. The molecule has 0 bridgehead atoms. The number of carboxylic acid groups (broad SMARTS) is 1. The molecule has 0 aliphatic carbocycles. The molecule has 1 aliphatic rings. The highest BCUT2D eigenvalue weighted by molar-refractivity contribution is 5.97. The van der Waals surface area contributed by atoms with E-state index in [-0.39, 0.29) is 24.7 Å². The van der Waals surface area contributed by atoms with Crippen molar-refractivity contribution in [2.75, 3.05) is 19.6 Å². The zero-order valence-corrected chi connectivity index (χ0v) is 30.3. The molecule has 6 unspecified atom stereocenters. The van der Waals surface area contributed by atoms with Crippen molar-refractivity contribution in [1.29, 1.82) is 0 Å². The Hall–Kier alpha value is -4.57. The maximum absolute atomic E-state index is 13.8. The quantitative estimate of drug-likeness (QED) is 0.0776. The number of carbonyl (C=O) groups excluding carboxylic acids is 6. The predicted molar refractivity (Wildman–Crippen MR) is 189 cm³/mol. The number of carbonyl (C=O) groups is 7. The molecule has 1 aromatic carbocycles. The second-order valence-corrected chi connectivity index (χ2v) is 13.6. The first-order chi connectivity index (χ1) is 24.1. The number of rotatable bonds is 20. The van der Waals surface area contributed by atoms with Crippen molar-refractivity contribution in [3.8, 4) is 0 Å². The monoisotopic (exact) mass is 716 g/mol. The van der Waals surface area contributed by atoms with Crippen molar-refractivity contribution in [2.45, 2.75) is 109 Å². The molecule has 1 saturated heterocycles. The maximum Gasteiger partial charge on any atom is 0.322 e. The SMILES string of the molecule is CC(N)C(=O)N1CCCC1C(=O)NC(C(=O)NC(CCCCN)C(=O)NC(C(=O)NC(Cc1ccccc1)C(=O)NCC(=O)O)C(C)C)C(C)C. The summed E-state index contributed by atoms with van der Waals surface area (Å²) < 4.78 is 0. The van der Waals surface area contributed by atoms with Gasteiger partial charge >= 0.3 is 5.97 Å². The van der Waals surface area contributed by atoms with Crippen LogP contribution < -0.4 is 38.1 Å². The third-order valence-electron chi connectivity index (χ3n) is 8.63. The zero-order chi connectivity index (χ0) is 38.2. The first kappa shape index (κ1) is 42.6. The van der Waals surface area contributed by atoms with Crippen molar-refractivity contribution < 1.29 is 38.7 Å². The molecule has 0 spiro atoms. The van der Waals surface area contributed by atoms with Crippen LogP contribution in [0, 0.1) is 11.8 Å². The molecule has 16 nitrogen and oxygen atoms in total. The fraction of sp³-hybridized carbons (Fsp3) is 0.629. The molecule has 0 radical (unpaired) electrons. The molecule has 1 heterocycles. The Morgan fingerprint density at radius 3 is 1.94 bits per heavy atom. The highest BCUT2D eigenvalue weighted by atomic mass is 16.4. The van der Waals surface area contributed by atoms with E-state index in [4.69, 9.17) is 16.6 Å². The van der Waals surface area contributed by atoms with Crippen molar-refractivity contribution in [3.05, 3.63) is 35.9 Å². The lowest BCUT2D eigenvalue weighted by atomic mass is 9.99. The molecule has 6 atom stereocenters. The number of likely N-dealkylation sites (tertiary alicyclic amines) is 1. The molecule has 2 rings (SSSR count). The van der Waals surface area contributed by atoms with E-state index >= 15 is 0 Å². The summed E-state index contributed by atoms with van der Waals surface area (Å²) >= 11 is 0. The molecule has 6 amide bonds. The van der Waals surface area contributed by atoms with E-state index in [0.29, 0.717) is 44.3 Å². The standard InChI is InChI=1S/C35H56N8O8/c1-20(2)28(34(50)40-25(30(46)38-19-27(44)45)18-23-12-7-6-8-13-23)41-31(47)24(14-9-10-16-36)39-33(49)29(21(3)4)42-32(48)26-15-11-17-43(26)35(51)22(5)37/h6-8,12-13,20-22,24-26,28-29H,9-11,14-19,36-37H2,1-5H3,(H,38,46)(H,39,49)(H,40,50)(H,41,47)(H,42,48)(H,44,45). The van der Waals surface area contributed by atoms with E-state index in [1.807, 2.05) is 0 Å². The summed E-state index contributed by atoms with van der Waals surface area (Å²) in [7, 11) is 0. The van der Waals surface area contributed by atoms with Crippen LogP contribution in [-0.2, 0) is 40.0 Å². The Kier molecular flexibility index (Phi) is 17.5. The summed E-state index contributed by atoms with van der Waals surface area (Å²) in [6, 6.07) is 2.87. The van der Waals surface area contributed by atoms with E-state index < -0.39 is 84.2 Å². The van der Waals surface area contributed by atoms with Crippen LogP contribution in [0.2, 0.25) is 0 Å². The lowest BCUT2D eigenvalue weighted by Gasteiger charge is -2.30. The van der Waals surface area contributed by atoms with Crippen LogP contribution in [0.5, 0.6) is 0 Å². The molecule has 1 aromatic rings. The molecule has 0 aromatic heterocycles. The first-order valence-corrected chi connectivity index (χ1v) is 17.6. The highest BCUT2D eigenvalue weighted by Crippen LogP contribution is 2.19. The van der Waals surface area contributed by atoms with E-state index in [9.17, 15) is 33.6 Å². The average Bonchev–Trinajstić information content (AvgIpc) is 3.57. The predicted octanol–water partition coefficient (Wildman–Crippen LogP) is -0.852. The minimum atomic E-state index is -1.25. The summed E-state index contributed by atoms with van der Waals surface area (Å²) in [5, 5.41) is 22.2. The van der Waals surface area contributed by atoms with Crippen LogP contribution in [0.4, 0.5) is 0 Å². The molecule has 51 heavy (non-hydrogen) atoms. The van der Waals surface area contributed by atoms with Crippen molar-refractivity contribution in [2.24, 2.45) is 23.3 Å². The summed E-state index contributed by atoms with van der Waals surface area (Å²) in [5.41, 5.74) is 12.2. The number of benzene rings is 1. The van der Waals surface area contributed by atoms with Crippen LogP contribution in [0.3, 0.4) is 0 Å². The average molecular weight is 717 g/mol. The third kappa shape index (κ3) is 13.6. The van der Waals surface area contributed by atoms with Gasteiger partial charge in [0.05, 0.1) is 6.04 Å². The number of hydrogen-bond donors (Lipinski definition) is 8. The Morgan fingerprint density at radius 1 is 0.804 bits per heavy atom. The molecule has 10 N–H and O–H groups in total. The van der Waals surface area contributed by atoms with Gasteiger partial charge in [-0.2, -0.15) is 0 Å². The Morgan fingerprint density at radius 2 is 1.39 bits per heavy atom. The van der Waals surface area contributed by atoms with Crippen molar-refractivity contribution >= 4 is 41.4 Å². The maximum atomic E-state index is 13.8. The minimum Gasteiger partial charge on any atom is -0.480 e. The molecule has 16 heteroatoms. The van der Waals surface area contributed by atoms with Gasteiger partial charge in [-0.05, 0) is 63.0 Å². The number of aliphatic carboxylic acids is 1. The summed E-state index contributed by atoms with van der Waals surface area (Å²) in [5.74, 6) is -5.58. The summed E-state index contributed by atoms with van der Waals surface area (Å²) in [6.07, 6.45) is 2.33. The van der Waals surface area contributed by atoms with Crippen LogP contribution in [0.1, 0.15) is 72.3 Å². The first-order valence-electron chi connectivity index (χ1n) is 17.6. The van der Waals surface area contributed by atoms with E-state index in [1.54, 1.807) is 65.0 Å². The van der Waals surface area contributed by atoms with Gasteiger partial charge in [0.25, 0.3) is 0 Å². The Bertz CT molecular complexity index is 1360. The molecule has 1 aliphatic heterocycles.